The zero-order valence-electron chi connectivity index (χ0n) is 29.4. The van der Waals surface area contributed by atoms with Crippen molar-refractivity contribution >= 4 is 34.6 Å². The third kappa shape index (κ3) is 6.95. The van der Waals surface area contributed by atoms with Crippen LogP contribution in [0.1, 0.15) is 57.6 Å². The molecule has 0 amide bonds. The summed E-state index contributed by atoms with van der Waals surface area (Å²) in [5, 5.41) is 9.69. The summed E-state index contributed by atoms with van der Waals surface area (Å²) >= 11 is 6.71. The van der Waals surface area contributed by atoms with Crippen molar-refractivity contribution in [2.24, 2.45) is 12.5 Å². The third-order valence-corrected chi connectivity index (χ3v) is 11.2. The number of benzene rings is 2. The number of hydrogen-bond donors (Lipinski definition) is 1. The van der Waals surface area contributed by atoms with Crippen molar-refractivity contribution in [2.75, 3.05) is 61.9 Å². The van der Waals surface area contributed by atoms with E-state index in [9.17, 15) is 13.2 Å². The minimum Gasteiger partial charge on any atom is -0.494 e. The van der Waals surface area contributed by atoms with Crippen LogP contribution in [-0.4, -0.2) is 76.8 Å². The topological polar surface area (TPSA) is 83.8 Å². The van der Waals surface area contributed by atoms with Gasteiger partial charge in [-0.1, -0.05) is 23.7 Å². The molecular formula is C37H44ClF3N8O2. The van der Waals surface area contributed by atoms with Crippen LogP contribution in [0.2, 0.25) is 5.15 Å². The smallest absolute Gasteiger partial charge is 0.164 e. The van der Waals surface area contributed by atoms with Crippen molar-refractivity contribution in [2.45, 2.75) is 57.5 Å². The van der Waals surface area contributed by atoms with E-state index in [0.29, 0.717) is 41.3 Å². The summed E-state index contributed by atoms with van der Waals surface area (Å²) in [5.41, 5.74) is 3.35. The first-order valence-corrected chi connectivity index (χ1v) is 17.8. The summed E-state index contributed by atoms with van der Waals surface area (Å²) in [7, 11) is 3.46. The standard InChI is InChI=1S/C37H44ClF3N8O2/c1-36(2,22-39)48-15-11-37(12-16-48)9-13-47(14-10-37)30-19-31(50-4)28(18-25(30)26-21-46(3)45-35(26)38)44-32-20-33(43-23-42-32)49-29(8-17-51-49)24-6-5-7-27(40)34(24)41/h5-7,18-21,23,29H,8-17,22H2,1-4H3,(H,42,43,44)/t29-/m1/s1. The van der Waals surface area contributed by atoms with Crippen LogP contribution in [0.15, 0.2) is 48.9 Å². The molecule has 0 bridgehead atoms. The number of ether oxygens (including phenoxy) is 1. The minimum absolute atomic E-state index is 0.200. The van der Waals surface area contributed by atoms with Gasteiger partial charge in [-0.15, -0.1) is 0 Å². The van der Waals surface area contributed by atoms with Crippen LogP contribution < -0.4 is 20.0 Å². The molecule has 1 spiro atoms. The number of nitrogens with zero attached hydrogens (tertiary/aromatic N) is 7. The van der Waals surface area contributed by atoms with E-state index in [1.54, 1.807) is 23.9 Å². The highest BCUT2D eigenvalue weighted by Gasteiger charge is 2.41. The van der Waals surface area contributed by atoms with Gasteiger partial charge in [0.05, 0.1) is 25.4 Å². The molecular weight excluding hydrogens is 681 g/mol. The van der Waals surface area contributed by atoms with Crippen LogP contribution >= 0.6 is 11.6 Å². The fraction of sp³-hybridized carbons (Fsp3) is 0.486. The number of nitrogens with one attached hydrogen (secondary N) is 1. The first-order valence-electron chi connectivity index (χ1n) is 17.4. The van der Waals surface area contributed by atoms with Gasteiger partial charge in [-0.2, -0.15) is 5.10 Å². The van der Waals surface area contributed by atoms with E-state index >= 15 is 0 Å². The van der Waals surface area contributed by atoms with E-state index in [4.69, 9.17) is 21.2 Å². The molecule has 0 unspecified atom stereocenters. The molecule has 10 nitrogen and oxygen atoms in total. The lowest BCUT2D eigenvalue weighted by molar-refractivity contribution is 0.0112. The lowest BCUT2D eigenvalue weighted by Gasteiger charge is -2.50. The number of methoxy groups -OCH3 is 1. The lowest BCUT2D eigenvalue weighted by Crippen LogP contribution is -2.53. The first kappa shape index (κ1) is 35.3. The van der Waals surface area contributed by atoms with E-state index < -0.39 is 23.2 Å². The quantitative estimate of drug-likeness (QED) is 0.185. The highest BCUT2D eigenvalue weighted by atomic mass is 35.5. The van der Waals surface area contributed by atoms with Crippen molar-refractivity contribution < 1.29 is 22.7 Å². The van der Waals surface area contributed by atoms with Gasteiger partial charge >= 0.3 is 0 Å². The van der Waals surface area contributed by atoms with Gasteiger partial charge in [-0.3, -0.25) is 14.4 Å². The predicted octanol–water partition coefficient (Wildman–Crippen LogP) is 7.87. The maximum atomic E-state index is 14.8. The number of halogens is 4. The van der Waals surface area contributed by atoms with Gasteiger partial charge in [0.25, 0.3) is 0 Å². The highest BCUT2D eigenvalue weighted by molar-refractivity contribution is 6.32. The number of anilines is 4. The van der Waals surface area contributed by atoms with Crippen LogP contribution in [0.25, 0.3) is 11.1 Å². The fourth-order valence-electron chi connectivity index (χ4n) is 7.78. The molecule has 7 rings (SSSR count). The maximum Gasteiger partial charge on any atom is 0.164 e. The van der Waals surface area contributed by atoms with Crippen molar-refractivity contribution in [3.05, 3.63) is 71.3 Å². The van der Waals surface area contributed by atoms with Gasteiger partial charge in [0.15, 0.2) is 22.6 Å². The molecule has 2 aromatic carbocycles. The van der Waals surface area contributed by atoms with E-state index in [1.165, 1.54) is 17.5 Å². The molecule has 14 heteroatoms. The van der Waals surface area contributed by atoms with Gasteiger partial charge in [0, 0.05) is 72.8 Å². The Morgan fingerprint density at radius 2 is 1.78 bits per heavy atom. The normalized spacial score (nSPS) is 19.6. The minimum atomic E-state index is -0.909. The fourth-order valence-corrected chi connectivity index (χ4v) is 8.05. The van der Waals surface area contributed by atoms with Crippen LogP contribution in [0, 0.1) is 17.0 Å². The van der Waals surface area contributed by atoms with Crippen LogP contribution in [0.5, 0.6) is 5.75 Å². The zero-order valence-corrected chi connectivity index (χ0v) is 30.2. The number of aryl methyl sites for hydroxylation is 1. The number of rotatable bonds is 9. The molecule has 3 fully saturated rings. The third-order valence-electron chi connectivity index (χ3n) is 11.0. The number of hydroxylamine groups is 1. The summed E-state index contributed by atoms with van der Waals surface area (Å²) in [4.78, 5) is 19.4. The molecule has 51 heavy (non-hydrogen) atoms. The predicted molar refractivity (Wildman–Crippen MR) is 192 cm³/mol. The Hall–Kier alpha value is -4.07. The Labute approximate surface area is 301 Å². The Morgan fingerprint density at radius 1 is 1.04 bits per heavy atom. The van der Waals surface area contributed by atoms with Crippen LogP contribution in [-0.2, 0) is 11.9 Å². The molecule has 3 saturated heterocycles. The second kappa shape index (κ2) is 14.2. The Balaban J connectivity index is 1.16. The number of piperidine rings is 2. The summed E-state index contributed by atoms with van der Waals surface area (Å²) < 4.78 is 50.2. The molecule has 1 atom stereocenters. The average molecular weight is 725 g/mol. The van der Waals surface area contributed by atoms with Gasteiger partial charge < -0.3 is 15.0 Å². The second-order valence-electron chi connectivity index (χ2n) is 14.5. The molecule has 0 radical (unpaired) electrons. The largest absolute Gasteiger partial charge is 0.494 e. The lowest BCUT2D eigenvalue weighted by atomic mass is 9.70. The first-order chi connectivity index (χ1) is 24.5. The molecule has 272 valence electrons. The average Bonchev–Trinajstić information content (AvgIpc) is 3.76. The highest BCUT2D eigenvalue weighted by Crippen LogP contribution is 2.47. The molecule has 3 aliphatic heterocycles. The zero-order chi connectivity index (χ0) is 35.9. The Morgan fingerprint density at radius 3 is 2.47 bits per heavy atom. The maximum absolute atomic E-state index is 14.8. The molecule has 4 aromatic rings. The Kier molecular flexibility index (Phi) is 9.81. The summed E-state index contributed by atoms with van der Waals surface area (Å²) in [6.45, 7) is 7.52. The molecule has 0 aliphatic carbocycles. The van der Waals surface area contributed by atoms with Gasteiger partial charge in [0.2, 0.25) is 0 Å². The van der Waals surface area contributed by atoms with Crippen molar-refractivity contribution in [3.8, 4) is 16.9 Å². The number of hydrogen-bond acceptors (Lipinski definition) is 9. The van der Waals surface area contributed by atoms with Crippen LogP contribution in [0.3, 0.4) is 0 Å². The monoisotopic (exact) mass is 724 g/mol. The number of aromatic nitrogens is 4. The molecule has 2 aromatic heterocycles. The number of likely N-dealkylation sites (tertiary alicyclic amines) is 1. The van der Waals surface area contributed by atoms with E-state index in [2.05, 4.69) is 30.2 Å². The van der Waals surface area contributed by atoms with Gasteiger partial charge in [-0.25, -0.2) is 28.2 Å². The van der Waals surface area contributed by atoms with Gasteiger partial charge in [0.1, 0.15) is 24.6 Å². The Bertz CT molecular complexity index is 1870. The summed E-state index contributed by atoms with van der Waals surface area (Å²) in [5.74, 6) is -0.360. The number of alkyl halides is 1. The SMILES string of the molecule is COc1cc(N2CCC3(CC2)CCN(C(C)(C)CF)CC3)c(-c2cn(C)nc2Cl)cc1Nc1cc(N2OCC[C@@H]2c2cccc(F)c2F)ncn1. The van der Waals surface area contributed by atoms with E-state index in [1.807, 2.05) is 39.2 Å². The van der Waals surface area contributed by atoms with Crippen molar-refractivity contribution in [1.29, 1.82) is 0 Å². The summed E-state index contributed by atoms with van der Waals surface area (Å²) in [6, 6.07) is 9.31. The van der Waals surface area contributed by atoms with Crippen molar-refractivity contribution in [1.82, 2.24) is 24.6 Å². The summed E-state index contributed by atoms with van der Waals surface area (Å²) in [6.07, 6.45) is 7.99. The molecule has 1 N–H and O–H groups in total. The van der Waals surface area contributed by atoms with E-state index in [0.717, 1.165) is 74.7 Å². The molecule has 3 aliphatic rings. The van der Waals surface area contributed by atoms with Crippen LogP contribution in [0.4, 0.5) is 36.2 Å². The van der Waals surface area contributed by atoms with E-state index in [-0.39, 0.29) is 17.7 Å². The molecule has 0 saturated carbocycles. The van der Waals surface area contributed by atoms with Gasteiger partial charge in [-0.05, 0) is 70.2 Å². The van der Waals surface area contributed by atoms with Crippen molar-refractivity contribution in [3.63, 3.8) is 0 Å². The molecule has 5 heterocycles. The second-order valence-corrected chi connectivity index (χ2v) is 14.8.